The van der Waals surface area contributed by atoms with Crippen LogP contribution >= 0.6 is 0 Å². The van der Waals surface area contributed by atoms with Crippen molar-refractivity contribution in [3.8, 4) is 11.5 Å². The van der Waals surface area contributed by atoms with Crippen LogP contribution in [0.4, 0.5) is 8.78 Å². The maximum absolute atomic E-state index is 12.9. The van der Waals surface area contributed by atoms with Gasteiger partial charge in [-0.15, -0.1) is 0 Å². The van der Waals surface area contributed by atoms with Crippen LogP contribution in [0.2, 0.25) is 0 Å². The third-order valence-electron chi connectivity index (χ3n) is 1.87. The van der Waals surface area contributed by atoms with Crippen LogP contribution in [0.1, 0.15) is 6.92 Å². The summed E-state index contributed by atoms with van der Waals surface area (Å²) in [6, 6.07) is 6.38. The number of hydrogen-bond acceptors (Lipinski definition) is 2. The normalized spacial score (nSPS) is 24.1. The molecule has 1 aliphatic rings. The van der Waals surface area contributed by atoms with Gasteiger partial charge in [-0.1, -0.05) is 12.1 Å². The fourth-order valence-corrected chi connectivity index (χ4v) is 1.12. The second kappa shape index (κ2) is 2.58. The van der Waals surface area contributed by atoms with Gasteiger partial charge in [0.2, 0.25) is 0 Å². The summed E-state index contributed by atoms with van der Waals surface area (Å²) < 4.78 is 35.3. The molecule has 2 rings (SSSR count). The quantitative estimate of drug-likeness (QED) is 0.619. The van der Waals surface area contributed by atoms with Crippen LogP contribution in [0.3, 0.4) is 0 Å². The van der Waals surface area contributed by atoms with E-state index in [1.807, 2.05) is 0 Å². The van der Waals surface area contributed by atoms with Gasteiger partial charge in [-0.05, 0) is 19.1 Å². The lowest BCUT2D eigenvalue weighted by Gasteiger charge is -2.30. The SMILES string of the molecule is C[C@H]1Oc2ccccc2OC1(F)F. The molecule has 0 saturated heterocycles. The minimum absolute atomic E-state index is 0.0885. The molecule has 0 N–H and O–H groups in total. The molecule has 2 nitrogen and oxygen atoms in total. The first-order valence-electron chi connectivity index (χ1n) is 3.92. The monoisotopic (exact) mass is 186 g/mol. The van der Waals surface area contributed by atoms with E-state index in [-0.39, 0.29) is 5.75 Å². The molecule has 0 saturated carbocycles. The van der Waals surface area contributed by atoms with Crippen LogP contribution in [0.25, 0.3) is 0 Å². The molecule has 1 aliphatic heterocycles. The Morgan fingerprint density at radius 2 is 1.85 bits per heavy atom. The zero-order valence-electron chi connectivity index (χ0n) is 6.96. The molecule has 1 heterocycles. The van der Waals surface area contributed by atoms with E-state index in [1.165, 1.54) is 13.0 Å². The Bertz CT molecular complexity index is 325. The van der Waals surface area contributed by atoms with Crippen LogP contribution in [0.5, 0.6) is 11.5 Å². The molecule has 0 unspecified atom stereocenters. The van der Waals surface area contributed by atoms with E-state index in [2.05, 4.69) is 4.74 Å². The number of benzene rings is 1. The van der Waals surface area contributed by atoms with Gasteiger partial charge < -0.3 is 9.47 Å². The van der Waals surface area contributed by atoms with E-state index < -0.39 is 12.2 Å². The van der Waals surface area contributed by atoms with E-state index >= 15 is 0 Å². The Morgan fingerprint density at radius 3 is 2.54 bits per heavy atom. The van der Waals surface area contributed by atoms with Crippen molar-refractivity contribution in [3.63, 3.8) is 0 Å². The molecular formula is C9H8F2O2. The van der Waals surface area contributed by atoms with Crippen LogP contribution < -0.4 is 9.47 Å². The zero-order valence-corrected chi connectivity index (χ0v) is 6.96. The molecule has 0 fully saturated rings. The molecule has 13 heavy (non-hydrogen) atoms. The van der Waals surface area contributed by atoms with Crippen molar-refractivity contribution in [3.05, 3.63) is 24.3 Å². The summed E-state index contributed by atoms with van der Waals surface area (Å²) in [5.41, 5.74) is 0. The standard InChI is InChI=1S/C9H8F2O2/c1-6-9(10,11)13-8-5-3-2-4-7(8)12-6/h2-6H,1H3/t6-/m1/s1. The lowest BCUT2D eigenvalue weighted by Crippen LogP contribution is -2.43. The van der Waals surface area contributed by atoms with Crippen molar-refractivity contribution in [1.82, 2.24) is 0 Å². The van der Waals surface area contributed by atoms with E-state index in [0.717, 1.165) is 0 Å². The van der Waals surface area contributed by atoms with Crippen LogP contribution in [-0.4, -0.2) is 12.2 Å². The summed E-state index contributed by atoms with van der Waals surface area (Å²) in [5.74, 6) is 0.450. The predicted octanol–water partition coefficient (Wildman–Crippen LogP) is 2.44. The molecule has 1 atom stereocenters. The average Bonchev–Trinajstić information content (AvgIpc) is 2.06. The van der Waals surface area contributed by atoms with E-state index in [9.17, 15) is 8.78 Å². The Morgan fingerprint density at radius 1 is 1.23 bits per heavy atom. The van der Waals surface area contributed by atoms with Crippen molar-refractivity contribution in [2.75, 3.05) is 0 Å². The molecule has 0 spiro atoms. The zero-order chi connectivity index (χ0) is 9.47. The molecule has 0 bridgehead atoms. The van der Waals surface area contributed by atoms with E-state index in [4.69, 9.17) is 4.74 Å². The minimum Gasteiger partial charge on any atom is -0.476 e. The number of alkyl halides is 2. The van der Waals surface area contributed by atoms with Crippen LogP contribution in [0.15, 0.2) is 24.3 Å². The van der Waals surface area contributed by atoms with Gasteiger partial charge in [0.1, 0.15) is 0 Å². The Labute approximate surface area is 74.1 Å². The van der Waals surface area contributed by atoms with E-state index in [1.54, 1.807) is 18.2 Å². The Hall–Kier alpha value is -1.32. The number of hydrogen-bond donors (Lipinski definition) is 0. The summed E-state index contributed by atoms with van der Waals surface area (Å²) in [4.78, 5) is 0. The lowest BCUT2D eigenvalue weighted by atomic mass is 10.2. The summed E-state index contributed by atoms with van der Waals surface area (Å²) in [5, 5.41) is 0. The highest BCUT2D eigenvalue weighted by Gasteiger charge is 2.45. The number of halogens is 2. The first-order chi connectivity index (χ1) is 6.09. The number of para-hydroxylation sites is 2. The predicted molar refractivity (Wildman–Crippen MR) is 42.1 cm³/mol. The molecular weight excluding hydrogens is 178 g/mol. The summed E-state index contributed by atoms with van der Waals surface area (Å²) >= 11 is 0. The van der Waals surface area contributed by atoms with Crippen LogP contribution in [0, 0.1) is 0 Å². The summed E-state index contributed by atoms with van der Waals surface area (Å²) in [6.07, 6.45) is -4.49. The fourth-order valence-electron chi connectivity index (χ4n) is 1.12. The maximum Gasteiger partial charge on any atom is 0.435 e. The molecule has 4 heteroatoms. The van der Waals surface area contributed by atoms with Gasteiger partial charge in [-0.2, -0.15) is 8.78 Å². The number of rotatable bonds is 0. The Kier molecular flexibility index (Phi) is 1.65. The van der Waals surface area contributed by atoms with Gasteiger partial charge in [0.05, 0.1) is 0 Å². The molecule has 1 aromatic carbocycles. The smallest absolute Gasteiger partial charge is 0.435 e. The molecule has 70 valence electrons. The fraction of sp³-hybridized carbons (Fsp3) is 0.333. The molecule has 0 amide bonds. The second-order valence-electron chi connectivity index (χ2n) is 2.87. The topological polar surface area (TPSA) is 18.5 Å². The molecule has 1 aromatic rings. The lowest BCUT2D eigenvalue weighted by molar-refractivity contribution is -0.241. The van der Waals surface area contributed by atoms with Gasteiger partial charge in [-0.3, -0.25) is 0 Å². The number of fused-ring (bicyclic) bond motifs is 1. The van der Waals surface area contributed by atoms with Gasteiger partial charge in [0.15, 0.2) is 17.6 Å². The van der Waals surface area contributed by atoms with Gasteiger partial charge in [0.25, 0.3) is 0 Å². The van der Waals surface area contributed by atoms with Crippen molar-refractivity contribution < 1.29 is 18.3 Å². The first-order valence-corrected chi connectivity index (χ1v) is 3.92. The van der Waals surface area contributed by atoms with Gasteiger partial charge >= 0.3 is 6.11 Å². The van der Waals surface area contributed by atoms with Gasteiger partial charge in [0, 0.05) is 0 Å². The van der Waals surface area contributed by atoms with E-state index in [0.29, 0.717) is 5.75 Å². The van der Waals surface area contributed by atoms with Crippen LogP contribution in [-0.2, 0) is 0 Å². The highest BCUT2D eigenvalue weighted by Crippen LogP contribution is 2.39. The van der Waals surface area contributed by atoms with Crippen molar-refractivity contribution in [2.24, 2.45) is 0 Å². The second-order valence-corrected chi connectivity index (χ2v) is 2.87. The first kappa shape index (κ1) is 8.29. The minimum atomic E-state index is -3.24. The maximum atomic E-state index is 12.9. The largest absolute Gasteiger partial charge is 0.476 e. The van der Waals surface area contributed by atoms with Crippen molar-refractivity contribution in [1.29, 1.82) is 0 Å². The highest BCUT2D eigenvalue weighted by molar-refractivity contribution is 5.41. The summed E-state index contributed by atoms with van der Waals surface area (Å²) in [6.45, 7) is 1.27. The van der Waals surface area contributed by atoms with Crippen molar-refractivity contribution in [2.45, 2.75) is 19.1 Å². The van der Waals surface area contributed by atoms with Crippen molar-refractivity contribution >= 4 is 0 Å². The highest BCUT2D eigenvalue weighted by atomic mass is 19.3. The number of ether oxygens (including phenoxy) is 2. The molecule has 0 radical (unpaired) electrons. The average molecular weight is 186 g/mol. The third-order valence-corrected chi connectivity index (χ3v) is 1.87. The molecule has 0 aromatic heterocycles. The third kappa shape index (κ3) is 1.32. The Balaban J connectivity index is 2.39. The summed E-state index contributed by atoms with van der Waals surface area (Å²) in [7, 11) is 0. The van der Waals surface area contributed by atoms with Gasteiger partial charge in [-0.25, -0.2) is 0 Å². The molecule has 0 aliphatic carbocycles.